The van der Waals surface area contributed by atoms with E-state index in [-0.39, 0.29) is 34.9 Å². The van der Waals surface area contributed by atoms with E-state index in [2.05, 4.69) is 16.0 Å². The molecular weight excluding hydrogens is 362 g/mol. The van der Waals surface area contributed by atoms with Gasteiger partial charge in [0.1, 0.15) is 11.4 Å². The number of phenolic OH excluding ortho intramolecular Hbond substituents is 1. The molecule has 0 aliphatic heterocycles. The summed E-state index contributed by atoms with van der Waals surface area (Å²) in [6.07, 6.45) is -0.734. The second-order valence-electron chi connectivity index (χ2n) is 6.29. The first-order valence-electron chi connectivity index (χ1n) is 8.59. The van der Waals surface area contributed by atoms with Crippen molar-refractivity contribution in [3.63, 3.8) is 0 Å². The predicted octanol–water partition coefficient (Wildman–Crippen LogP) is 1.59. The molecule has 8 nitrogen and oxygen atoms in total. The summed E-state index contributed by atoms with van der Waals surface area (Å²) in [5.74, 6) is -0.945. The van der Waals surface area contributed by atoms with Crippen molar-refractivity contribution in [2.75, 3.05) is 17.2 Å². The molecule has 8 heteroatoms. The molecule has 0 heterocycles. The summed E-state index contributed by atoms with van der Waals surface area (Å²) < 4.78 is 0. The highest BCUT2D eigenvalue weighted by Gasteiger charge is 2.23. The molecule has 0 unspecified atom stereocenters. The summed E-state index contributed by atoms with van der Waals surface area (Å²) in [6.45, 7) is 1.55. The van der Waals surface area contributed by atoms with E-state index in [4.69, 9.17) is 0 Å². The molecule has 28 heavy (non-hydrogen) atoms. The fraction of sp³-hybridized carbons (Fsp3) is 0.150. The first-order chi connectivity index (χ1) is 13.4. The number of aliphatic hydroxyl groups excluding tert-OH is 1. The van der Waals surface area contributed by atoms with Gasteiger partial charge in [-0.15, -0.1) is 0 Å². The molecule has 0 aliphatic rings. The number of carbonyl (C=O) groups is 1. The van der Waals surface area contributed by atoms with Gasteiger partial charge in [-0.2, -0.15) is 0 Å². The number of aliphatic hydroxyl groups is 1. The van der Waals surface area contributed by atoms with Gasteiger partial charge in [-0.25, -0.2) is 0 Å². The number of nitrogens with one attached hydrogen (secondary N) is 3. The minimum atomic E-state index is -0.734. The van der Waals surface area contributed by atoms with Gasteiger partial charge in [0.15, 0.2) is 5.75 Å². The highest BCUT2D eigenvalue weighted by molar-refractivity contribution is 5.99. The van der Waals surface area contributed by atoms with Crippen LogP contribution in [-0.4, -0.2) is 28.8 Å². The monoisotopic (exact) mass is 381 g/mol. The van der Waals surface area contributed by atoms with Gasteiger partial charge in [0.25, 0.3) is 16.8 Å². The van der Waals surface area contributed by atoms with E-state index in [1.165, 1.54) is 25.1 Å². The number of phenols is 1. The van der Waals surface area contributed by atoms with Gasteiger partial charge >= 0.3 is 0 Å². The van der Waals surface area contributed by atoms with Crippen LogP contribution in [-0.2, 0) is 0 Å². The molecule has 0 aromatic heterocycles. The maximum Gasteiger partial charge on any atom is 0.255 e. The fourth-order valence-electron chi connectivity index (χ4n) is 2.59. The van der Waals surface area contributed by atoms with E-state index in [1.807, 2.05) is 6.07 Å². The smallest absolute Gasteiger partial charge is 0.255 e. The van der Waals surface area contributed by atoms with E-state index in [0.717, 1.165) is 0 Å². The summed E-state index contributed by atoms with van der Waals surface area (Å²) >= 11 is 0. The molecule has 0 saturated carbocycles. The summed E-state index contributed by atoms with van der Waals surface area (Å²) in [4.78, 5) is 36.0. The average molecular weight is 381 g/mol. The third-order valence-corrected chi connectivity index (χ3v) is 4.05. The van der Waals surface area contributed by atoms with Crippen LogP contribution < -0.4 is 26.8 Å². The fourth-order valence-corrected chi connectivity index (χ4v) is 2.59. The third-order valence-electron chi connectivity index (χ3n) is 4.05. The van der Waals surface area contributed by atoms with Crippen LogP contribution in [0.1, 0.15) is 17.3 Å². The lowest BCUT2D eigenvalue weighted by Crippen LogP contribution is -2.35. The maximum absolute atomic E-state index is 12.2. The number of benzene rings is 2. The Labute approximate surface area is 160 Å². The Bertz CT molecular complexity index is 1070. The van der Waals surface area contributed by atoms with Crippen molar-refractivity contribution in [2.24, 2.45) is 0 Å². The van der Waals surface area contributed by atoms with Crippen LogP contribution in [0.3, 0.4) is 0 Å². The van der Waals surface area contributed by atoms with Gasteiger partial charge in [0.05, 0.1) is 17.4 Å². The number of amides is 1. The minimum Gasteiger partial charge on any atom is -0.505 e. The molecule has 0 saturated heterocycles. The lowest BCUT2D eigenvalue weighted by atomic mass is 10.1. The van der Waals surface area contributed by atoms with Crippen molar-refractivity contribution < 1.29 is 15.0 Å². The molecule has 3 aromatic rings. The van der Waals surface area contributed by atoms with Crippen LogP contribution in [0, 0.1) is 0 Å². The van der Waals surface area contributed by atoms with Gasteiger partial charge in [0.2, 0.25) is 0 Å². The van der Waals surface area contributed by atoms with Crippen LogP contribution in [0.4, 0.5) is 22.7 Å². The number of aromatic hydroxyl groups is 1. The summed E-state index contributed by atoms with van der Waals surface area (Å²) in [7, 11) is 0. The van der Waals surface area contributed by atoms with Crippen LogP contribution in [0.2, 0.25) is 0 Å². The van der Waals surface area contributed by atoms with Gasteiger partial charge in [0, 0.05) is 12.2 Å². The SMILES string of the molecule is C[C@H](O)CNC(=O)c1cccc(Nc2c(Nc3ccccc3)c(=O)c2=O)c1O. The Morgan fingerprint density at radius 3 is 2.25 bits per heavy atom. The quantitative estimate of drug-likeness (QED) is 0.311. The molecule has 0 radical (unpaired) electrons. The Morgan fingerprint density at radius 2 is 1.61 bits per heavy atom. The van der Waals surface area contributed by atoms with E-state index < -0.39 is 22.9 Å². The molecule has 0 bridgehead atoms. The highest BCUT2D eigenvalue weighted by Crippen LogP contribution is 2.32. The maximum atomic E-state index is 12.2. The topological polar surface area (TPSA) is 128 Å². The van der Waals surface area contributed by atoms with Crippen LogP contribution in [0.5, 0.6) is 5.75 Å². The normalized spacial score (nSPS) is 11.8. The van der Waals surface area contributed by atoms with Crippen LogP contribution in [0.15, 0.2) is 58.1 Å². The number of hydrogen-bond acceptors (Lipinski definition) is 7. The van der Waals surface area contributed by atoms with Crippen LogP contribution in [0.25, 0.3) is 0 Å². The van der Waals surface area contributed by atoms with E-state index in [9.17, 15) is 24.6 Å². The Kier molecular flexibility index (Phi) is 5.42. The number of para-hydroxylation sites is 2. The third kappa shape index (κ3) is 3.86. The molecular formula is C20H19N3O5. The van der Waals surface area contributed by atoms with Gasteiger partial charge in [-0.05, 0) is 31.2 Å². The zero-order chi connectivity index (χ0) is 20.3. The van der Waals surface area contributed by atoms with E-state index >= 15 is 0 Å². The van der Waals surface area contributed by atoms with Crippen molar-refractivity contribution in [3.05, 3.63) is 74.5 Å². The molecule has 3 rings (SSSR count). The Morgan fingerprint density at radius 1 is 0.964 bits per heavy atom. The van der Waals surface area contributed by atoms with Gasteiger partial charge in [-0.1, -0.05) is 24.3 Å². The van der Waals surface area contributed by atoms with Gasteiger partial charge in [-0.3, -0.25) is 14.4 Å². The number of anilines is 4. The van der Waals surface area contributed by atoms with Crippen LogP contribution >= 0.6 is 0 Å². The van der Waals surface area contributed by atoms with Crippen molar-refractivity contribution in [2.45, 2.75) is 13.0 Å². The molecule has 0 aliphatic carbocycles. The lowest BCUT2D eigenvalue weighted by molar-refractivity contribution is 0.0921. The molecule has 144 valence electrons. The molecule has 1 amide bonds. The summed E-state index contributed by atoms with van der Waals surface area (Å²) in [5.41, 5.74) is -0.591. The Balaban J connectivity index is 1.84. The molecule has 1 atom stereocenters. The molecule has 5 N–H and O–H groups in total. The average Bonchev–Trinajstić information content (AvgIpc) is 2.70. The largest absolute Gasteiger partial charge is 0.505 e. The summed E-state index contributed by atoms with van der Waals surface area (Å²) in [6, 6.07) is 13.3. The van der Waals surface area contributed by atoms with Gasteiger partial charge < -0.3 is 26.2 Å². The van der Waals surface area contributed by atoms with E-state index in [1.54, 1.807) is 24.3 Å². The Hall–Kier alpha value is -3.65. The number of carbonyl (C=O) groups excluding carboxylic acids is 1. The predicted molar refractivity (Wildman–Crippen MR) is 106 cm³/mol. The molecule has 3 aromatic carbocycles. The summed E-state index contributed by atoms with van der Waals surface area (Å²) in [5, 5.41) is 27.7. The first-order valence-corrected chi connectivity index (χ1v) is 8.59. The van der Waals surface area contributed by atoms with Crippen molar-refractivity contribution in [1.82, 2.24) is 5.32 Å². The minimum absolute atomic E-state index is 0.00527. The standard InChI is InChI=1S/C20H19N3O5/c1-11(24)10-21-20(28)13-8-5-9-14(17(13)25)23-16-15(18(26)19(16)27)22-12-6-3-2-4-7-12/h2-9,11,22-25H,10H2,1H3,(H,21,28)/t11-/m0/s1. The number of rotatable bonds is 7. The van der Waals surface area contributed by atoms with E-state index in [0.29, 0.717) is 5.69 Å². The number of hydrogen-bond donors (Lipinski definition) is 5. The second kappa shape index (κ2) is 7.93. The zero-order valence-corrected chi connectivity index (χ0v) is 15.0. The lowest BCUT2D eigenvalue weighted by Gasteiger charge is -2.17. The second-order valence-corrected chi connectivity index (χ2v) is 6.29. The first kappa shape index (κ1) is 19.1. The van der Waals surface area contributed by atoms with Crippen molar-refractivity contribution >= 4 is 28.7 Å². The van der Waals surface area contributed by atoms with Crippen molar-refractivity contribution in [3.8, 4) is 5.75 Å². The zero-order valence-electron chi connectivity index (χ0n) is 15.0. The molecule has 0 fully saturated rings. The highest BCUT2D eigenvalue weighted by atomic mass is 16.3. The molecule has 0 spiro atoms. The van der Waals surface area contributed by atoms with Crippen molar-refractivity contribution in [1.29, 1.82) is 0 Å².